The van der Waals surface area contributed by atoms with Crippen molar-refractivity contribution in [2.75, 3.05) is 39.3 Å². The minimum atomic E-state index is -0.536. The van der Waals surface area contributed by atoms with Gasteiger partial charge in [0.05, 0.1) is 12.7 Å². The molecule has 0 aromatic heterocycles. The second-order valence-corrected chi connectivity index (χ2v) is 6.11. The van der Waals surface area contributed by atoms with Crippen LogP contribution in [0.1, 0.15) is 25.0 Å². The molecule has 4 heteroatoms. The number of nitrogens with zero attached hydrogens (tertiary/aromatic N) is 1. The lowest BCUT2D eigenvalue weighted by atomic mass is 9.98. The molecule has 0 saturated carbocycles. The minimum absolute atomic E-state index is 0.536. The molecule has 1 heterocycles. The number of hydrogen-bond acceptors (Lipinski definition) is 4. The first-order valence-corrected chi connectivity index (χ1v) is 8.55. The van der Waals surface area contributed by atoms with Gasteiger partial charge in [0.2, 0.25) is 0 Å². The van der Waals surface area contributed by atoms with E-state index in [0.29, 0.717) is 13.2 Å². The van der Waals surface area contributed by atoms with Crippen molar-refractivity contribution in [3.05, 3.63) is 42.0 Å². The van der Waals surface area contributed by atoms with Gasteiger partial charge in [-0.3, -0.25) is 4.90 Å². The highest BCUT2D eigenvalue weighted by Crippen LogP contribution is 2.33. The Labute approximate surface area is 138 Å². The largest absolute Gasteiger partial charge is 0.493 e. The summed E-state index contributed by atoms with van der Waals surface area (Å²) in [7, 11) is 0. The van der Waals surface area contributed by atoms with E-state index in [1.54, 1.807) is 0 Å². The van der Waals surface area contributed by atoms with Gasteiger partial charge < -0.3 is 15.2 Å². The van der Waals surface area contributed by atoms with Gasteiger partial charge in [0.1, 0.15) is 5.75 Å². The van der Waals surface area contributed by atoms with Crippen LogP contribution < -0.4 is 10.1 Å². The van der Waals surface area contributed by atoms with Crippen molar-refractivity contribution in [2.24, 2.45) is 0 Å². The van der Waals surface area contributed by atoms with Gasteiger partial charge in [-0.15, -0.1) is 0 Å². The maximum absolute atomic E-state index is 10.9. The zero-order valence-electron chi connectivity index (χ0n) is 13.8. The molecular weight excluding hydrogens is 288 g/mol. The molecule has 2 aromatic rings. The number of ether oxygens (including phenoxy) is 1. The second-order valence-electron chi connectivity index (χ2n) is 6.11. The number of piperazine rings is 1. The summed E-state index contributed by atoms with van der Waals surface area (Å²) in [6.07, 6.45) is 0.422. The third kappa shape index (κ3) is 3.83. The molecule has 0 amide bonds. The van der Waals surface area contributed by atoms with Crippen LogP contribution in [0.4, 0.5) is 0 Å². The van der Waals surface area contributed by atoms with E-state index in [4.69, 9.17) is 4.74 Å². The van der Waals surface area contributed by atoms with Crippen LogP contribution in [-0.2, 0) is 0 Å². The van der Waals surface area contributed by atoms with Gasteiger partial charge in [-0.05, 0) is 23.3 Å². The highest BCUT2D eigenvalue weighted by Gasteiger charge is 2.21. The molecule has 1 aliphatic rings. The molecule has 4 nitrogen and oxygen atoms in total. The molecule has 2 aromatic carbocycles. The molecule has 23 heavy (non-hydrogen) atoms. The number of rotatable bonds is 6. The molecule has 0 radical (unpaired) electrons. The quantitative estimate of drug-likeness (QED) is 0.860. The maximum Gasteiger partial charge on any atom is 0.125 e. The summed E-state index contributed by atoms with van der Waals surface area (Å²) in [6, 6.07) is 12.3. The third-order valence-corrected chi connectivity index (χ3v) is 4.37. The topological polar surface area (TPSA) is 44.7 Å². The lowest BCUT2D eigenvalue weighted by Gasteiger charge is -2.30. The molecule has 0 spiro atoms. The molecule has 1 aliphatic heterocycles. The van der Waals surface area contributed by atoms with Crippen molar-refractivity contribution in [2.45, 2.75) is 19.4 Å². The zero-order valence-corrected chi connectivity index (χ0v) is 13.8. The fourth-order valence-electron chi connectivity index (χ4n) is 3.19. The number of aliphatic hydroxyl groups is 1. The van der Waals surface area contributed by atoms with Crippen molar-refractivity contribution < 1.29 is 9.84 Å². The maximum atomic E-state index is 10.9. The molecule has 3 rings (SSSR count). The summed E-state index contributed by atoms with van der Waals surface area (Å²) in [5.41, 5.74) is 0.926. The van der Waals surface area contributed by atoms with Crippen LogP contribution >= 0.6 is 0 Å². The van der Waals surface area contributed by atoms with E-state index < -0.39 is 6.10 Å². The third-order valence-electron chi connectivity index (χ3n) is 4.37. The molecule has 1 unspecified atom stereocenters. The predicted molar refractivity (Wildman–Crippen MR) is 94.0 cm³/mol. The highest BCUT2D eigenvalue weighted by molar-refractivity contribution is 5.88. The van der Waals surface area contributed by atoms with Crippen molar-refractivity contribution in [1.29, 1.82) is 0 Å². The first-order chi connectivity index (χ1) is 11.3. The summed E-state index contributed by atoms with van der Waals surface area (Å²) in [5.74, 6) is 0.813. The van der Waals surface area contributed by atoms with Crippen LogP contribution in [0.25, 0.3) is 10.8 Å². The van der Waals surface area contributed by atoms with Crippen molar-refractivity contribution in [1.82, 2.24) is 10.2 Å². The van der Waals surface area contributed by atoms with Gasteiger partial charge in [-0.25, -0.2) is 0 Å². The molecule has 2 N–H and O–H groups in total. The standard InChI is InChI=1S/C19H26N2O2/c1-2-13-23-18-8-7-15-5-3-4-6-16(15)19(18)17(22)14-21-11-9-20-10-12-21/h3-8,17,20,22H,2,9-14H2,1H3. The van der Waals surface area contributed by atoms with Crippen LogP contribution in [0.5, 0.6) is 5.75 Å². The fraction of sp³-hybridized carbons (Fsp3) is 0.474. The van der Waals surface area contributed by atoms with Crippen LogP contribution in [0.3, 0.4) is 0 Å². The van der Waals surface area contributed by atoms with Gasteiger partial charge in [-0.1, -0.05) is 37.3 Å². The average Bonchev–Trinajstić information content (AvgIpc) is 2.60. The van der Waals surface area contributed by atoms with Gasteiger partial charge in [-0.2, -0.15) is 0 Å². The summed E-state index contributed by atoms with van der Waals surface area (Å²) in [6.45, 7) is 7.35. The van der Waals surface area contributed by atoms with Gasteiger partial charge >= 0.3 is 0 Å². The summed E-state index contributed by atoms with van der Waals surface area (Å²) >= 11 is 0. The van der Waals surface area contributed by atoms with Crippen molar-refractivity contribution >= 4 is 10.8 Å². The Bertz CT molecular complexity index is 638. The Kier molecular flexibility index (Phi) is 5.49. The van der Waals surface area contributed by atoms with E-state index in [9.17, 15) is 5.11 Å². The highest BCUT2D eigenvalue weighted by atomic mass is 16.5. The molecule has 0 bridgehead atoms. The number of benzene rings is 2. The van der Waals surface area contributed by atoms with Crippen molar-refractivity contribution in [3.8, 4) is 5.75 Å². The Morgan fingerprint density at radius 2 is 1.96 bits per heavy atom. The number of β-amino-alcohol motifs (C(OH)–C–C–N with tert-alkyl or cyclic N) is 1. The first kappa shape index (κ1) is 16.2. The molecule has 1 fully saturated rings. The first-order valence-electron chi connectivity index (χ1n) is 8.55. The molecule has 124 valence electrons. The summed E-state index contributed by atoms with van der Waals surface area (Å²) < 4.78 is 5.91. The Morgan fingerprint density at radius 3 is 2.74 bits per heavy atom. The second kappa shape index (κ2) is 7.77. The van der Waals surface area contributed by atoms with E-state index in [-0.39, 0.29) is 0 Å². The molecule has 1 saturated heterocycles. The average molecular weight is 314 g/mol. The van der Waals surface area contributed by atoms with Gasteiger partial charge in [0.15, 0.2) is 0 Å². The lowest BCUT2D eigenvalue weighted by Crippen LogP contribution is -2.45. The van der Waals surface area contributed by atoms with Crippen LogP contribution in [-0.4, -0.2) is 49.3 Å². The van der Waals surface area contributed by atoms with Crippen LogP contribution in [0.15, 0.2) is 36.4 Å². The monoisotopic (exact) mass is 314 g/mol. The minimum Gasteiger partial charge on any atom is -0.493 e. The summed E-state index contributed by atoms with van der Waals surface area (Å²) in [4.78, 5) is 2.31. The number of hydrogen-bond donors (Lipinski definition) is 2. The van der Waals surface area contributed by atoms with E-state index in [2.05, 4.69) is 35.3 Å². The number of nitrogens with one attached hydrogen (secondary N) is 1. The van der Waals surface area contributed by atoms with Crippen LogP contribution in [0, 0.1) is 0 Å². The molecular formula is C19H26N2O2. The smallest absolute Gasteiger partial charge is 0.125 e. The van der Waals surface area contributed by atoms with Crippen molar-refractivity contribution in [3.63, 3.8) is 0 Å². The number of fused-ring (bicyclic) bond motifs is 1. The SMILES string of the molecule is CCCOc1ccc2ccccc2c1C(O)CN1CCNCC1. The number of aliphatic hydroxyl groups excluding tert-OH is 1. The molecule has 1 atom stereocenters. The predicted octanol–water partition coefficient (Wildman–Crippen LogP) is 2.57. The van der Waals surface area contributed by atoms with Gasteiger partial charge in [0.25, 0.3) is 0 Å². The lowest BCUT2D eigenvalue weighted by molar-refractivity contribution is 0.104. The van der Waals surface area contributed by atoms with E-state index in [1.165, 1.54) is 0 Å². The Balaban J connectivity index is 1.91. The Hall–Kier alpha value is -1.62. The Morgan fingerprint density at radius 1 is 1.17 bits per heavy atom. The fourth-order valence-corrected chi connectivity index (χ4v) is 3.19. The van der Waals surface area contributed by atoms with Crippen LogP contribution in [0.2, 0.25) is 0 Å². The van der Waals surface area contributed by atoms with E-state index >= 15 is 0 Å². The normalized spacial score (nSPS) is 17.3. The van der Waals surface area contributed by atoms with Gasteiger partial charge in [0, 0.05) is 38.3 Å². The zero-order chi connectivity index (χ0) is 16.1. The van der Waals surface area contributed by atoms with E-state index in [0.717, 1.165) is 54.7 Å². The summed E-state index contributed by atoms with van der Waals surface area (Å²) in [5, 5.41) is 16.5. The van der Waals surface area contributed by atoms with E-state index in [1.807, 2.05) is 18.2 Å². The molecule has 0 aliphatic carbocycles.